The van der Waals surface area contributed by atoms with E-state index in [0.717, 1.165) is 19.3 Å². The third-order valence-corrected chi connectivity index (χ3v) is 12.1. The summed E-state index contributed by atoms with van der Waals surface area (Å²) < 4.78 is 5.86. The van der Waals surface area contributed by atoms with E-state index in [9.17, 15) is 9.90 Å². The SMILES string of the molecule is CC(=O)O[C@H]1CC[C@]2(C)C3=C(CCC2C1(C)C)[C@]1(C)CC[C@H]([C@H](C)[C@@H](O)CC=C(C)C)[C@@]1(C)CC3. The first-order valence-electron chi connectivity index (χ1n) is 14.4. The second-order valence-corrected chi connectivity index (χ2v) is 14.3. The van der Waals surface area contributed by atoms with Crippen LogP contribution >= 0.6 is 0 Å². The summed E-state index contributed by atoms with van der Waals surface area (Å²) in [5.41, 5.74) is 5.54. The minimum atomic E-state index is -0.255. The van der Waals surface area contributed by atoms with Gasteiger partial charge in [0, 0.05) is 12.3 Å². The highest BCUT2D eigenvalue weighted by Gasteiger charge is 2.64. The Kier molecular flexibility index (Phi) is 6.96. The smallest absolute Gasteiger partial charge is 0.302 e. The molecule has 35 heavy (non-hydrogen) atoms. The first kappa shape index (κ1) is 27.0. The molecule has 0 bridgehead atoms. The van der Waals surface area contributed by atoms with Crippen LogP contribution < -0.4 is 0 Å². The van der Waals surface area contributed by atoms with Gasteiger partial charge in [-0.3, -0.25) is 4.79 Å². The molecule has 0 radical (unpaired) electrons. The molecule has 0 aromatic rings. The number of carbonyl (C=O) groups is 1. The molecule has 1 unspecified atom stereocenters. The first-order chi connectivity index (χ1) is 16.2. The van der Waals surface area contributed by atoms with Gasteiger partial charge < -0.3 is 9.84 Å². The van der Waals surface area contributed by atoms with Gasteiger partial charge in [0.05, 0.1) is 6.10 Å². The summed E-state index contributed by atoms with van der Waals surface area (Å²) >= 11 is 0. The van der Waals surface area contributed by atoms with Crippen LogP contribution in [0.15, 0.2) is 22.8 Å². The van der Waals surface area contributed by atoms with E-state index in [1.165, 1.54) is 44.1 Å². The van der Waals surface area contributed by atoms with Gasteiger partial charge in [0.2, 0.25) is 0 Å². The lowest BCUT2D eigenvalue weighted by Gasteiger charge is -2.62. The van der Waals surface area contributed by atoms with Gasteiger partial charge in [-0.05, 0) is 106 Å². The Balaban J connectivity index is 1.65. The molecule has 0 saturated heterocycles. The van der Waals surface area contributed by atoms with Crippen molar-refractivity contribution in [1.29, 1.82) is 0 Å². The molecule has 2 saturated carbocycles. The average molecular weight is 485 g/mol. The maximum absolute atomic E-state index is 11.8. The van der Waals surface area contributed by atoms with E-state index in [4.69, 9.17) is 4.74 Å². The molecule has 4 aliphatic rings. The number of aliphatic hydroxyl groups is 1. The lowest BCUT2D eigenvalue weighted by Crippen LogP contribution is -2.56. The van der Waals surface area contributed by atoms with Crippen LogP contribution in [0.1, 0.15) is 120 Å². The van der Waals surface area contributed by atoms with Crippen LogP contribution in [-0.2, 0) is 9.53 Å². The van der Waals surface area contributed by atoms with Crippen LogP contribution in [0.3, 0.4) is 0 Å². The van der Waals surface area contributed by atoms with Crippen molar-refractivity contribution >= 4 is 5.97 Å². The minimum Gasteiger partial charge on any atom is -0.462 e. The van der Waals surface area contributed by atoms with Crippen molar-refractivity contribution in [3.05, 3.63) is 22.8 Å². The second kappa shape index (κ2) is 9.03. The van der Waals surface area contributed by atoms with Crippen molar-refractivity contribution in [1.82, 2.24) is 0 Å². The van der Waals surface area contributed by atoms with Crippen molar-refractivity contribution in [2.24, 2.45) is 39.4 Å². The van der Waals surface area contributed by atoms with Gasteiger partial charge in [-0.15, -0.1) is 0 Å². The lowest BCUT2D eigenvalue weighted by molar-refractivity contribution is -0.167. The first-order valence-corrected chi connectivity index (χ1v) is 14.4. The predicted octanol–water partition coefficient (Wildman–Crippen LogP) is 8.02. The molecule has 3 nitrogen and oxygen atoms in total. The van der Waals surface area contributed by atoms with Crippen LogP contribution in [0, 0.1) is 39.4 Å². The molecule has 0 heterocycles. The van der Waals surface area contributed by atoms with Crippen LogP contribution in [0.5, 0.6) is 0 Å². The number of hydrogen-bond donors (Lipinski definition) is 1. The second-order valence-electron chi connectivity index (χ2n) is 14.3. The maximum atomic E-state index is 11.8. The maximum Gasteiger partial charge on any atom is 0.302 e. The molecule has 0 spiro atoms. The molecular weight excluding hydrogens is 432 g/mol. The Hall–Kier alpha value is -1.09. The minimum absolute atomic E-state index is 0.000612. The molecule has 0 aliphatic heterocycles. The largest absolute Gasteiger partial charge is 0.462 e. The summed E-state index contributed by atoms with van der Waals surface area (Å²) in [4.78, 5) is 11.8. The molecular formula is C32H52O3. The standard InChI is InChI=1S/C32H52O3/c1-20(2)10-12-26(34)21(3)23-14-18-32(9)25-11-13-27-29(5,6)28(35-22(4)33)16-17-30(27,7)24(25)15-19-31(23,32)8/h10,21,23,26-28,34H,11-19H2,1-9H3/t21-,23+,26-,27?,28-,30+,31+,32-/m0/s1. The van der Waals surface area contributed by atoms with Gasteiger partial charge in [0.15, 0.2) is 0 Å². The zero-order valence-corrected chi connectivity index (χ0v) is 24.1. The van der Waals surface area contributed by atoms with Crippen molar-refractivity contribution in [2.75, 3.05) is 0 Å². The van der Waals surface area contributed by atoms with Crippen LogP contribution in [0.25, 0.3) is 0 Å². The predicted molar refractivity (Wildman–Crippen MR) is 144 cm³/mol. The number of fused-ring (bicyclic) bond motifs is 4. The highest BCUT2D eigenvalue weighted by atomic mass is 16.5. The Morgan fingerprint density at radius 2 is 1.69 bits per heavy atom. The number of hydrogen-bond acceptors (Lipinski definition) is 3. The van der Waals surface area contributed by atoms with Gasteiger partial charge >= 0.3 is 5.97 Å². The van der Waals surface area contributed by atoms with Crippen molar-refractivity contribution in [2.45, 2.75) is 132 Å². The molecule has 0 amide bonds. The fourth-order valence-corrected chi connectivity index (χ4v) is 9.80. The fourth-order valence-electron chi connectivity index (χ4n) is 9.80. The molecule has 1 N–H and O–H groups in total. The monoisotopic (exact) mass is 484 g/mol. The highest BCUT2D eigenvalue weighted by Crippen LogP contribution is 2.72. The van der Waals surface area contributed by atoms with Crippen molar-refractivity contribution in [3.8, 4) is 0 Å². The molecule has 3 heteroatoms. The van der Waals surface area contributed by atoms with Gasteiger partial charge in [-0.25, -0.2) is 0 Å². The van der Waals surface area contributed by atoms with Crippen LogP contribution in [0.4, 0.5) is 0 Å². The van der Waals surface area contributed by atoms with Crippen molar-refractivity contribution < 1.29 is 14.6 Å². The summed E-state index contributed by atoms with van der Waals surface area (Å²) in [6.45, 7) is 20.5. The number of esters is 1. The van der Waals surface area contributed by atoms with Gasteiger partial charge in [-0.2, -0.15) is 0 Å². The molecule has 0 aromatic heterocycles. The Morgan fingerprint density at radius 3 is 2.31 bits per heavy atom. The zero-order chi connectivity index (χ0) is 26.0. The number of ether oxygens (including phenoxy) is 1. The van der Waals surface area contributed by atoms with Crippen molar-refractivity contribution in [3.63, 3.8) is 0 Å². The summed E-state index contributed by atoms with van der Waals surface area (Å²) in [5.74, 6) is 1.32. The van der Waals surface area contributed by atoms with Gasteiger partial charge in [0.1, 0.15) is 6.10 Å². The summed E-state index contributed by atoms with van der Waals surface area (Å²) in [6.07, 6.45) is 12.2. The Morgan fingerprint density at radius 1 is 1.00 bits per heavy atom. The summed E-state index contributed by atoms with van der Waals surface area (Å²) in [7, 11) is 0. The van der Waals surface area contributed by atoms with Crippen LogP contribution in [0.2, 0.25) is 0 Å². The quantitative estimate of drug-likeness (QED) is 0.317. The van der Waals surface area contributed by atoms with Gasteiger partial charge in [0.25, 0.3) is 0 Å². The third-order valence-electron chi connectivity index (χ3n) is 12.1. The number of allylic oxidation sites excluding steroid dienone is 3. The molecule has 8 atom stereocenters. The molecule has 0 aromatic carbocycles. The Labute approximate surface area is 215 Å². The number of rotatable bonds is 5. The van der Waals surface area contributed by atoms with E-state index >= 15 is 0 Å². The Bertz CT molecular complexity index is 908. The van der Waals surface area contributed by atoms with E-state index in [-0.39, 0.29) is 39.8 Å². The summed E-state index contributed by atoms with van der Waals surface area (Å²) in [6, 6.07) is 0. The fraction of sp³-hybridized carbons (Fsp3) is 0.844. The third kappa shape index (κ3) is 4.07. The van der Waals surface area contributed by atoms with Gasteiger partial charge in [-0.1, -0.05) is 64.3 Å². The van der Waals surface area contributed by atoms with E-state index in [1.807, 2.05) is 0 Å². The number of carbonyl (C=O) groups excluding carboxylic acids is 1. The topological polar surface area (TPSA) is 46.5 Å². The average Bonchev–Trinajstić information content (AvgIpc) is 3.04. The van der Waals surface area contributed by atoms with E-state index < -0.39 is 0 Å². The normalized spacial score (nSPS) is 41.8. The van der Waals surface area contributed by atoms with Crippen LogP contribution in [-0.4, -0.2) is 23.3 Å². The zero-order valence-electron chi connectivity index (χ0n) is 24.1. The molecule has 4 rings (SSSR count). The number of aliphatic hydroxyl groups excluding tert-OH is 1. The van der Waals surface area contributed by atoms with E-state index in [2.05, 4.69) is 61.5 Å². The molecule has 198 valence electrons. The molecule has 4 aliphatic carbocycles. The van der Waals surface area contributed by atoms with E-state index in [1.54, 1.807) is 18.1 Å². The lowest BCUT2D eigenvalue weighted by atomic mass is 9.43. The highest BCUT2D eigenvalue weighted by molar-refractivity contribution is 5.66. The van der Waals surface area contributed by atoms with E-state index in [0.29, 0.717) is 17.8 Å². The summed E-state index contributed by atoms with van der Waals surface area (Å²) in [5, 5.41) is 11.1. The molecule has 2 fully saturated rings.